The van der Waals surface area contributed by atoms with Crippen molar-refractivity contribution in [1.29, 1.82) is 0 Å². The van der Waals surface area contributed by atoms with Crippen molar-refractivity contribution in [3.63, 3.8) is 0 Å². The van der Waals surface area contributed by atoms with Gasteiger partial charge in [0.25, 0.3) is 0 Å². The van der Waals surface area contributed by atoms with Crippen LogP contribution in [0.1, 0.15) is 43.5 Å². The number of hydrogen-bond donors (Lipinski definition) is 2. The van der Waals surface area contributed by atoms with E-state index in [2.05, 4.69) is 57.6 Å². The third-order valence-corrected chi connectivity index (χ3v) is 11.2. The van der Waals surface area contributed by atoms with Crippen LogP contribution in [0.4, 0.5) is 11.4 Å². The highest BCUT2D eigenvalue weighted by atomic mass is 16.5. The molecule has 2 atom stereocenters. The van der Waals surface area contributed by atoms with Crippen LogP contribution in [0.2, 0.25) is 0 Å². The maximum atomic E-state index is 14.5. The summed E-state index contributed by atoms with van der Waals surface area (Å²) in [7, 11) is 0. The van der Waals surface area contributed by atoms with E-state index in [-0.39, 0.29) is 23.1 Å². The molecule has 9 rings (SSSR count). The number of ether oxygens (including phenoxy) is 2. The average Bonchev–Trinajstić information content (AvgIpc) is 3.42. The number of aromatic nitrogens is 3. The lowest BCUT2D eigenvalue weighted by Gasteiger charge is -2.26. The lowest BCUT2D eigenvalue weighted by molar-refractivity contribution is 0.131. The van der Waals surface area contributed by atoms with E-state index < -0.39 is 0 Å². The third kappa shape index (κ3) is 7.60. The molecule has 0 fully saturated rings. The first kappa shape index (κ1) is 38.9. The van der Waals surface area contributed by atoms with Crippen LogP contribution in [0.15, 0.2) is 174 Å². The quantitative estimate of drug-likeness (QED) is 0.144. The number of allylic oxidation sites excluding steroid dienone is 6. The standard InChI is InChI=1S/C53H46N4O4/c1-35-18-6-5-17-29-56(45-24-13-9-19-38(35)45)48-33-54-31-43(52(48)58)41-22-11-15-27-50(41)60-36(2)30-37(3)61-51-28-16-12-23-42(51)44-32-55-34-49(53(44)59)57-46-25-8-4-7-20-39(46)40-21-10-14-26-47(40)57/h5-28,31-34,36-37H,1,4,29-30H2,2-3H3,(H,54,58)(H,55,59)/b17-5-,18-6-/t36-,37?/m1/s1. The first-order valence-corrected chi connectivity index (χ1v) is 20.7. The van der Waals surface area contributed by atoms with E-state index in [0.29, 0.717) is 58.1 Å². The molecule has 3 aromatic heterocycles. The molecule has 7 aromatic rings. The summed E-state index contributed by atoms with van der Waals surface area (Å²) in [6.45, 7) is 8.77. The molecule has 2 N–H and O–H groups in total. The van der Waals surface area contributed by atoms with E-state index in [1.165, 1.54) is 0 Å². The number of pyridine rings is 2. The minimum absolute atomic E-state index is 0.107. The van der Waals surface area contributed by atoms with Crippen LogP contribution in [-0.2, 0) is 0 Å². The van der Waals surface area contributed by atoms with Crippen molar-refractivity contribution >= 4 is 40.0 Å². The molecule has 0 saturated heterocycles. The number of aromatic amines is 2. The summed E-state index contributed by atoms with van der Waals surface area (Å²) in [6, 6.07) is 31.5. The van der Waals surface area contributed by atoms with E-state index in [1.54, 1.807) is 24.8 Å². The number of benzene rings is 4. The minimum Gasteiger partial charge on any atom is -0.490 e. The molecule has 0 saturated carbocycles. The van der Waals surface area contributed by atoms with Crippen molar-refractivity contribution in [3.05, 3.63) is 202 Å². The first-order valence-electron chi connectivity index (χ1n) is 20.7. The van der Waals surface area contributed by atoms with Crippen molar-refractivity contribution in [2.75, 3.05) is 11.4 Å². The molecule has 0 amide bonds. The lowest BCUT2D eigenvalue weighted by atomic mass is 10.0. The van der Waals surface area contributed by atoms with Crippen LogP contribution < -0.4 is 25.2 Å². The molecule has 2 aliphatic rings. The number of rotatable bonds is 10. The number of hydrogen-bond acceptors (Lipinski definition) is 5. The van der Waals surface area contributed by atoms with Gasteiger partial charge in [-0.05, 0) is 56.2 Å². The summed E-state index contributed by atoms with van der Waals surface area (Å²) in [6.07, 6.45) is 24.3. The van der Waals surface area contributed by atoms with Gasteiger partial charge in [-0.15, -0.1) is 0 Å². The second kappa shape index (κ2) is 17.0. The van der Waals surface area contributed by atoms with Gasteiger partial charge in [0.1, 0.15) is 22.9 Å². The Balaban J connectivity index is 0.964. The van der Waals surface area contributed by atoms with Crippen LogP contribution in [0.25, 0.3) is 56.6 Å². The maximum Gasteiger partial charge on any atom is 0.213 e. The van der Waals surface area contributed by atoms with Crippen LogP contribution in [0, 0.1) is 0 Å². The molecular formula is C53H46N4O4. The molecule has 0 spiro atoms. The van der Waals surface area contributed by atoms with Gasteiger partial charge in [-0.3, -0.25) is 9.59 Å². The van der Waals surface area contributed by atoms with Gasteiger partial charge in [0.2, 0.25) is 10.9 Å². The van der Waals surface area contributed by atoms with E-state index >= 15 is 0 Å². The Kier molecular flexibility index (Phi) is 10.8. The fourth-order valence-corrected chi connectivity index (χ4v) is 8.43. The van der Waals surface area contributed by atoms with Crippen LogP contribution in [-0.4, -0.2) is 33.3 Å². The highest BCUT2D eigenvalue weighted by Crippen LogP contribution is 2.36. The first-order chi connectivity index (χ1) is 29.9. The van der Waals surface area contributed by atoms with Gasteiger partial charge in [-0.1, -0.05) is 122 Å². The Bertz CT molecular complexity index is 3030. The second-order valence-electron chi connectivity index (χ2n) is 15.4. The minimum atomic E-state index is -0.287. The number of para-hydroxylation sites is 4. The van der Waals surface area contributed by atoms with Gasteiger partial charge < -0.3 is 28.9 Å². The van der Waals surface area contributed by atoms with Crippen LogP contribution in [0.3, 0.4) is 0 Å². The number of nitrogens with one attached hydrogen (secondary N) is 2. The highest BCUT2D eigenvalue weighted by molar-refractivity contribution is 5.96. The fraction of sp³-hybridized carbons (Fsp3) is 0.132. The van der Waals surface area contributed by atoms with E-state index in [1.807, 2.05) is 128 Å². The number of nitrogens with zero attached hydrogens (tertiary/aromatic N) is 2. The molecule has 1 aliphatic heterocycles. The summed E-state index contributed by atoms with van der Waals surface area (Å²) < 4.78 is 15.3. The Morgan fingerprint density at radius 1 is 0.607 bits per heavy atom. The predicted octanol–water partition coefficient (Wildman–Crippen LogP) is 11.7. The molecule has 1 unspecified atom stereocenters. The Hall–Kier alpha value is -7.58. The van der Waals surface area contributed by atoms with E-state index in [9.17, 15) is 9.59 Å². The highest BCUT2D eigenvalue weighted by Gasteiger charge is 2.23. The summed E-state index contributed by atoms with van der Waals surface area (Å²) in [5, 5.41) is 1.09. The van der Waals surface area contributed by atoms with Crippen molar-refractivity contribution < 1.29 is 9.47 Å². The molecule has 4 heterocycles. The Morgan fingerprint density at radius 3 is 1.92 bits per heavy atom. The SMILES string of the molecule is C=C1/C=C\C=C/CN(c2c[nH]cc(-c3ccccc3O[C@H](C)CC(C)Oc3ccccc3-c3c[nH]cc(-n4c5c(c6ccccc64)C=CCC=C5)c3=O)c2=O)c2ccccc21. The number of H-pyrrole nitrogens is 2. The molecule has 302 valence electrons. The monoisotopic (exact) mass is 802 g/mol. The second-order valence-corrected chi connectivity index (χ2v) is 15.4. The molecule has 0 radical (unpaired) electrons. The van der Waals surface area contributed by atoms with Crippen molar-refractivity contribution in [3.8, 4) is 39.4 Å². The zero-order chi connectivity index (χ0) is 41.9. The average molecular weight is 803 g/mol. The summed E-state index contributed by atoms with van der Waals surface area (Å²) >= 11 is 0. The van der Waals surface area contributed by atoms with Gasteiger partial charge in [0.05, 0.1) is 34.5 Å². The Morgan fingerprint density at radius 2 is 1.20 bits per heavy atom. The smallest absolute Gasteiger partial charge is 0.213 e. The third-order valence-electron chi connectivity index (χ3n) is 11.2. The number of fused-ring (bicyclic) bond motifs is 4. The largest absolute Gasteiger partial charge is 0.490 e. The summed E-state index contributed by atoms with van der Waals surface area (Å²) in [4.78, 5) is 37.5. The molecule has 1 aliphatic carbocycles. The Labute approximate surface area is 354 Å². The zero-order valence-corrected chi connectivity index (χ0v) is 34.2. The van der Waals surface area contributed by atoms with E-state index in [0.717, 1.165) is 45.4 Å². The van der Waals surface area contributed by atoms with E-state index in [4.69, 9.17) is 9.47 Å². The predicted molar refractivity (Wildman–Crippen MR) is 250 cm³/mol. The molecule has 8 heteroatoms. The molecule has 61 heavy (non-hydrogen) atoms. The van der Waals surface area contributed by atoms with Gasteiger partial charge in [-0.2, -0.15) is 0 Å². The topological polar surface area (TPSA) is 92.3 Å². The normalized spacial score (nSPS) is 15.4. The maximum absolute atomic E-state index is 14.5. The number of anilines is 2. The summed E-state index contributed by atoms with van der Waals surface area (Å²) in [5.74, 6) is 1.19. The zero-order valence-electron chi connectivity index (χ0n) is 34.2. The molecular weight excluding hydrogens is 757 g/mol. The molecule has 8 nitrogen and oxygen atoms in total. The van der Waals surface area contributed by atoms with Crippen LogP contribution >= 0.6 is 0 Å². The van der Waals surface area contributed by atoms with Crippen LogP contribution in [0.5, 0.6) is 11.5 Å². The van der Waals surface area contributed by atoms with Gasteiger partial charge in [0.15, 0.2) is 0 Å². The van der Waals surface area contributed by atoms with Gasteiger partial charge >= 0.3 is 0 Å². The van der Waals surface area contributed by atoms with Crippen molar-refractivity contribution in [2.45, 2.75) is 38.9 Å². The summed E-state index contributed by atoms with van der Waals surface area (Å²) in [5.41, 5.74) is 8.97. The molecule has 4 aromatic carbocycles. The van der Waals surface area contributed by atoms with Gasteiger partial charge in [-0.25, -0.2) is 0 Å². The molecule has 0 bridgehead atoms. The lowest BCUT2D eigenvalue weighted by Crippen LogP contribution is -2.26. The van der Waals surface area contributed by atoms with Crippen molar-refractivity contribution in [2.24, 2.45) is 0 Å². The van der Waals surface area contributed by atoms with Gasteiger partial charge in [0, 0.05) is 71.1 Å². The fourth-order valence-electron chi connectivity index (χ4n) is 8.43. The van der Waals surface area contributed by atoms with Crippen molar-refractivity contribution in [1.82, 2.24) is 14.5 Å².